The van der Waals surface area contributed by atoms with E-state index in [1.54, 1.807) is 74.5 Å². The van der Waals surface area contributed by atoms with Gasteiger partial charge in [0.2, 0.25) is 0 Å². The molecule has 0 aliphatic heterocycles. The second kappa shape index (κ2) is 8.56. The molecule has 0 saturated heterocycles. The molecule has 30 heavy (non-hydrogen) atoms. The van der Waals surface area contributed by atoms with E-state index in [9.17, 15) is 24.4 Å². The van der Waals surface area contributed by atoms with E-state index in [1.807, 2.05) is 0 Å². The van der Waals surface area contributed by atoms with Gasteiger partial charge >= 0.3 is 19.3 Å². The van der Waals surface area contributed by atoms with Crippen molar-refractivity contribution in [2.24, 2.45) is 0 Å². The Balaban J connectivity index is 2.25. The number of hydrogen-bond acceptors (Lipinski definition) is 4. The summed E-state index contributed by atoms with van der Waals surface area (Å²) in [7, 11) is -3.76. The smallest absolute Gasteiger partial charge is 0.339 e. The van der Waals surface area contributed by atoms with Crippen molar-refractivity contribution in [3.8, 4) is 5.75 Å². The summed E-state index contributed by atoms with van der Waals surface area (Å²) in [5.41, 5.74) is 0.0370. The Morgan fingerprint density at radius 2 is 1.27 bits per heavy atom. The van der Waals surface area contributed by atoms with Crippen LogP contribution in [0.1, 0.15) is 46.0 Å². The molecule has 0 unspecified atom stereocenters. The highest BCUT2D eigenvalue weighted by atomic mass is 31.2. The fraction of sp³-hybridized carbons (Fsp3) is 0.130. The predicted octanol–water partition coefficient (Wildman–Crippen LogP) is 4.51. The van der Waals surface area contributed by atoms with Crippen LogP contribution in [-0.4, -0.2) is 22.2 Å². The zero-order valence-corrected chi connectivity index (χ0v) is 17.4. The lowest BCUT2D eigenvalue weighted by Gasteiger charge is -2.22. The molecule has 2 N–H and O–H groups in total. The van der Waals surface area contributed by atoms with E-state index < -0.39 is 19.3 Å². The Bertz CT molecular complexity index is 1080. The summed E-state index contributed by atoms with van der Waals surface area (Å²) >= 11 is 0. The molecule has 3 aromatic carbocycles. The van der Waals surface area contributed by atoms with Gasteiger partial charge in [-0.1, -0.05) is 50.2 Å². The standard InChI is InChI=1S/C23H21O6P/c1-15(2)18-13-20(23(26)27)21(14-19(18)22(24)25)29-30(28,16-9-5-3-6-10-16)17-11-7-4-8-12-17/h3-15H,1-2H3,(H,24,25)(H,26,27). The maximum absolute atomic E-state index is 14.1. The van der Waals surface area contributed by atoms with Gasteiger partial charge in [-0.2, -0.15) is 0 Å². The van der Waals surface area contributed by atoms with Crippen molar-refractivity contribution in [3.05, 3.63) is 89.5 Å². The summed E-state index contributed by atoms with van der Waals surface area (Å²) < 4.78 is 20.0. The van der Waals surface area contributed by atoms with Crippen molar-refractivity contribution in [3.63, 3.8) is 0 Å². The SMILES string of the molecule is CC(C)c1cc(C(=O)O)c(OP(=O)(c2ccccc2)c2ccccc2)cc1C(=O)O. The minimum Gasteiger partial charge on any atom is -0.478 e. The van der Waals surface area contributed by atoms with E-state index in [0.29, 0.717) is 16.2 Å². The lowest BCUT2D eigenvalue weighted by Crippen LogP contribution is -2.21. The second-order valence-electron chi connectivity index (χ2n) is 7.01. The molecule has 0 radical (unpaired) electrons. The van der Waals surface area contributed by atoms with Crippen LogP contribution in [0, 0.1) is 0 Å². The molecular formula is C23H21O6P. The Labute approximate surface area is 174 Å². The summed E-state index contributed by atoms with van der Waals surface area (Å²) in [6.07, 6.45) is 0. The van der Waals surface area contributed by atoms with Gasteiger partial charge in [0.05, 0.1) is 16.2 Å². The van der Waals surface area contributed by atoms with Crippen molar-refractivity contribution in [1.29, 1.82) is 0 Å². The number of carboxylic acids is 2. The quantitative estimate of drug-likeness (QED) is 0.541. The number of hydrogen-bond donors (Lipinski definition) is 2. The number of carbonyl (C=O) groups is 2. The Morgan fingerprint density at radius 1 is 0.800 bits per heavy atom. The van der Waals surface area contributed by atoms with E-state index in [4.69, 9.17) is 4.52 Å². The first-order valence-corrected chi connectivity index (χ1v) is 10.9. The van der Waals surface area contributed by atoms with E-state index in [0.717, 1.165) is 6.07 Å². The summed E-state index contributed by atoms with van der Waals surface area (Å²) in [5, 5.41) is 20.1. The van der Waals surface area contributed by atoms with Gasteiger partial charge in [-0.15, -0.1) is 0 Å². The van der Waals surface area contributed by atoms with Crippen LogP contribution in [0.3, 0.4) is 0 Å². The summed E-state index contributed by atoms with van der Waals surface area (Å²) in [6, 6.07) is 19.3. The van der Waals surface area contributed by atoms with Crippen LogP contribution in [0.25, 0.3) is 0 Å². The topological polar surface area (TPSA) is 101 Å². The highest BCUT2D eigenvalue weighted by Crippen LogP contribution is 2.46. The van der Waals surface area contributed by atoms with Crippen LogP contribution in [0.5, 0.6) is 5.75 Å². The van der Waals surface area contributed by atoms with Gasteiger partial charge in [-0.05, 0) is 47.9 Å². The normalized spacial score (nSPS) is 11.3. The van der Waals surface area contributed by atoms with E-state index in [2.05, 4.69) is 0 Å². The molecule has 0 aromatic heterocycles. The lowest BCUT2D eigenvalue weighted by molar-refractivity contribution is 0.0678. The number of rotatable bonds is 7. The van der Waals surface area contributed by atoms with Crippen molar-refractivity contribution < 1.29 is 28.9 Å². The van der Waals surface area contributed by atoms with Gasteiger partial charge < -0.3 is 14.7 Å². The van der Waals surface area contributed by atoms with E-state index in [-0.39, 0.29) is 22.8 Å². The molecule has 7 heteroatoms. The average Bonchev–Trinajstić information content (AvgIpc) is 2.74. The largest absolute Gasteiger partial charge is 0.478 e. The van der Waals surface area contributed by atoms with Gasteiger partial charge in [0.1, 0.15) is 11.3 Å². The fourth-order valence-electron chi connectivity index (χ4n) is 3.14. The molecule has 3 aromatic rings. The van der Waals surface area contributed by atoms with Crippen LogP contribution >= 0.6 is 7.37 Å². The third-order valence-electron chi connectivity index (χ3n) is 4.65. The molecular weight excluding hydrogens is 403 g/mol. The third-order valence-corrected chi connectivity index (χ3v) is 7.06. The Hall–Kier alpha value is -3.37. The molecule has 0 heterocycles. The molecule has 0 spiro atoms. The van der Waals surface area contributed by atoms with Gasteiger partial charge in [0, 0.05) is 0 Å². The van der Waals surface area contributed by atoms with E-state index >= 15 is 0 Å². The number of carboxylic acid groups (broad SMARTS) is 2. The van der Waals surface area contributed by atoms with Crippen LogP contribution in [-0.2, 0) is 4.57 Å². The molecule has 0 fully saturated rings. The molecule has 6 nitrogen and oxygen atoms in total. The second-order valence-corrected chi connectivity index (χ2v) is 9.33. The third kappa shape index (κ3) is 4.14. The van der Waals surface area contributed by atoms with Crippen LogP contribution in [0.4, 0.5) is 0 Å². The summed E-state index contributed by atoms with van der Waals surface area (Å²) in [5.74, 6) is -2.98. The first-order chi connectivity index (χ1) is 14.2. The Kier molecular flexibility index (Phi) is 6.09. The molecule has 0 aliphatic carbocycles. The molecule has 0 amide bonds. The van der Waals surface area contributed by atoms with Gasteiger partial charge in [0.25, 0.3) is 0 Å². The van der Waals surface area contributed by atoms with Gasteiger partial charge in [0.15, 0.2) is 0 Å². The van der Waals surface area contributed by atoms with Gasteiger partial charge in [-0.25, -0.2) is 9.59 Å². The van der Waals surface area contributed by atoms with Crippen molar-refractivity contribution in [2.45, 2.75) is 19.8 Å². The molecule has 3 rings (SSSR count). The minimum atomic E-state index is -3.76. The van der Waals surface area contributed by atoms with Crippen LogP contribution in [0.15, 0.2) is 72.8 Å². The first-order valence-electron chi connectivity index (χ1n) is 9.29. The first kappa shape index (κ1) is 21.3. The number of aromatic carboxylic acids is 2. The fourth-order valence-corrected chi connectivity index (χ4v) is 5.21. The molecule has 0 saturated carbocycles. The monoisotopic (exact) mass is 424 g/mol. The highest BCUT2D eigenvalue weighted by Gasteiger charge is 2.32. The zero-order chi connectivity index (χ0) is 21.9. The Morgan fingerprint density at radius 3 is 1.67 bits per heavy atom. The van der Waals surface area contributed by atoms with Crippen molar-refractivity contribution in [2.75, 3.05) is 0 Å². The molecule has 0 aliphatic rings. The molecule has 154 valence electrons. The van der Waals surface area contributed by atoms with Crippen LogP contribution < -0.4 is 15.1 Å². The zero-order valence-electron chi connectivity index (χ0n) is 16.5. The maximum atomic E-state index is 14.1. The summed E-state index contributed by atoms with van der Waals surface area (Å²) in [4.78, 5) is 23.7. The minimum absolute atomic E-state index is 0.0855. The highest BCUT2D eigenvalue weighted by molar-refractivity contribution is 7.74. The molecule has 0 atom stereocenters. The van der Waals surface area contributed by atoms with Crippen molar-refractivity contribution in [1.82, 2.24) is 0 Å². The predicted molar refractivity (Wildman–Crippen MR) is 115 cm³/mol. The van der Waals surface area contributed by atoms with E-state index in [1.165, 1.54) is 6.07 Å². The van der Waals surface area contributed by atoms with Crippen molar-refractivity contribution >= 4 is 29.9 Å². The average molecular weight is 424 g/mol. The molecule has 0 bridgehead atoms. The summed E-state index contributed by atoms with van der Waals surface area (Å²) in [6.45, 7) is 3.54. The lowest BCUT2D eigenvalue weighted by atomic mass is 9.94. The maximum Gasteiger partial charge on any atom is 0.339 e. The van der Waals surface area contributed by atoms with Gasteiger partial charge in [-0.3, -0.25) is 4.57 Å². The van der Waals surface area contributed by atoms with Crippen LogP contribution in [0.2, 0.25) is 0 Å². The number of benzene rings is 3.